The standard InChI is InChI=1S/C54H84N3O10P/c1-7-10-13-16-19-31-52(58)55-49(46-28-22-25-43(34-46)37-62-4)40-65-68(61,66-41-50(47-29-23-26-44(35-47)38-63-5)56-53(59)32-20-17-14-11-8-2)67-42-51(48-30-24-27-45(36-48)39-64-6)57-54(60)33-21-18-15-12-9-3/h22-30,34-36,49-51H,7-21,31-33,37-42H2,1-6H3,(H,55,58)(H,56,59)(H,57,60). The molecule has 0 radical (unpaired) electrons. The number of carbonyl (C=O) groups excluding carboxylic acids is 3. The predicted octanol–water partition coefficient (Wildman–Crippen LogP) is 12.2. The van der Waals surface area contributed by atoms with E-state index in [4.69, 9.17) is 27.8 Å². The van der Waals surface area contributed by atoms with Crippen LogP contribution in [0.1, 0.15) is 188 Å². The maximum Gasteiger partial charge on any atom is 0.475 e. The molecule has 3 unspecified atom stereocenters. The van der Waals surface area contributed by atoms with Crippen molar-refractivity contribution in [3.05, 3.63) is 106 Å². The number of methoxy groups -OCH3 is 3. The van der Waals surface area contributed by atoms with Gasteiger partial charge in [0.05, 0.1) is 57.8 Å². The normalized spacial score (nSPS) is 13.6. The van der Waals surface area contributed by atoms with Gasteiger partial charge in [-0.1, -0.05) is 171 Å². The molecule has 0 spiro atoms. The third-order valence-corrected chi connectivity index (χ3v) is 13.1. The van der Waals surface area contributed by atoms with E-state index in [2.05, 4.69) is 36.7 Å². The van der Waals surface area contributed by atoms with Crippen molar-refractivity contribution in [1.82, 2.24) is 16.0 Å². The number of amides is 3. The van der Waals surface area contributed by atoms with Gasteiger partial charge in [0.1, 0.15) is 0 Å². The second-order valence-corrected chi connectivity index (χ2v) is 19.4. The Morgan fingerprint density at radius 3 is 0.985 bits per heavy atom. The molecule has 3 atom stereocenters. The minimum Gasteiger partial charge on any atom is -0.380 e. The quantitative estimate of drug-likeness (QED) is 0.0371. The summed E-state index contributed by atoms with van der Waals surface area (Å²) >= 11 is 0. The summed E-state index contributed by atoms with van der Waals surface area (Å²) in [5.74, 6) is -0.484. The number of unbranched alkanes of at least 4 members (excludes halogenated alkanes) is 12. The monoisotopic (exact) mass is 966 g/mol. The first-order valence-electron chi connectivity index (χ1n) is 25.2. The predicted molar refractivity (Wildman–Crippen MR) is 270 cm³/mol. The van der Waals surface area contributed by atoms with Crippen molar-refractivity contribution in [2.75, 3.05) is 41.2 Å². The van der Waals surface area contributed by atoms with Gasteiger partial charge in [0, 0.05) is 40.6 Å². The molecule has 0 aliphatic carbocycles. The molecule has 0 aliphatic rings. The molecule has 13 nitrogen and oxygen atoms in total. The van der Waals surface area contributed by atoms with Crippen LogP contribution in [0.5, 0.6) is 0 Å². The molecule has 0 heterocycles. The summed E-state index contributed by atoms with van der Waals surface area (Å²) in [6, 6.07) is 20.6. The molecule has 3 rings (SSSR count). The van der Waals surface area contributed by atoms with Crippen molar-refractivity contribution in [1.29, 1.82) is 0 Å². The van der Waals surface area contributed by atoms with Crippen molar-refractivity contribution in [2.24, 2.45) is 0 Å². The summed E-state index contributed by atoms with van der Waals surface area (Å²) in [6.45, 7) is 6.71. The fourth-order valence-corrected chi connectivity index (χ4v) is 9.16. The van der Waals surface area contributed by atoms with Crippen molar-refractivity contribution in [3.8, 4) is 0 Å². The average molecular weight is 966 g/mol. The summed E-state index contributed by atoms with van der Waals surface area (Å²) in [5.41, 5.74) is 4.84. The van der Waals surface area contributed by atoms with Crippen LogP contribution in [0.3, 0.4) is 0 Å². The van der Waals surface area contributed by atoms with Gasteiger partial charge in [-0.3, -0.25) is 28.0 Å². The van der Waals surface area contributed by atoms with Gasteiger partial charge in [-0.25, -0.2) is 4.57 Å². The highest BCUT2D eigenvalue weighted by Crippen LogP contribution is 2.51. The van der Waals surface area contributed by atoms with Crippen molar-refractivity contribution in [3.63, 3.8) is 0 Å². The van der Waals surface area contributed by atoms with Gasteiger partial charge >= 0.3 is 7.82 Å². The third-order valence-electron chi connectivity index (χ3n) is 11.7. The zero-order valence-corrected chi connectivity index (χ0v) is 43.1. The molecule has 0 saturated heterocycles. The Bertz CT molecular complexity index is 1700. The van der Waals surface area contributed by atoms with E-state index in [-0.39, 0.29) is 37.5 Å². The van der Waals surface area contributed by atoms with Gasteiger partial charge in [0.25, 0.3) is 0 Å². The number of hydrogen-bond acceptors (Lipinski definition) is 10. The van der Waals surface area contributed by atoms with E-state index in [0.29, 0.717) is 39.1 Å². The van der Waals surface area contributed by atoms with Crippen LogP contribution < -0.4 is 16.0 Å². The highest BCUT2D eigenvalue weighted by atomic mass is 31.2. The van der Waals surface area contributed by atoms with Crippen LogP contribution >= 0.6 is 7.82 Å². The summed E-state index contributed by atoms with van der Waals surface area (Å²) in [5, 5.41) is 9.38. The first-order valence-corrected chi connectivity index (χ1v) is 26.7. The first-order chi connectivity index (χ1) is 33.1. The lowest BCUT2D eigenvalue weighted by Crippen LogP contribution is -2.33. The van der Waals surface area contributed by atoms with E-state index in [1.54, 1.807) is 21.3 Å². The molecule has 3 aromatic carbocycles. The van der Waals surface area contributed by atoms with Crippen LogP contribution in [0.25, 0.3) is 0 Å². The second-order valence-electron chi connectivity index (χ2n) is 17.7. The van der Waals surface area contributed by atoms with Crippen LogP contribution in [0.15, 0.2) is 72.8 Å². The number of phosphoric acid groups is 1. The van der Waals surface area contributed by atoms with Gasteiger partial charge in [0.15, 0.2) is 0 Å². The molecule has 0 aromatic heterocycles. The van der Waals surface area contributed by atoms with Gasteiger partial charge in [-0.2, -0.15) is 0 Å². The van der Waals surface area contributed by atoms with E-state index in [0.717, 1.165) is 130 Å². The van der Waals surface area contributed by atoms with E-state index in [1.165, 1.54) is 0 Å². The number of ether oxygens (including phenoxy) is 3. The maximum atomic E-state index is 15.3. The van der Waals surface area contributed by atoms with E-state index in [9.17, 15) is 14.4 Å². The van der Waals surface area contributed by atoms with Crippen LogP contribution in [0.4, 0.5) is 0 Å². The molecule has 14 heteroatoms. The Balaban J connectivity index is 2.02. The molecule has 3 amide bonds. The summed E-state index contributed by atoms with van der Waals surface area (Å²) in [6.07, 6.45) is 15.9. The van der Waals surface area contributed by atoms with E-state index >= 15 is 4.57 Å². The van der Waals surface area contributed by atoms with Crippen LogP contribution in [-0.2, 0) is 66.6 Å². The lowest BCUT2D eigenvalue weighted by atomic mass is 10.0. The van der Waals surface area contributed by atoms with E-state index in [1.807, 2.05) is 72.8 Å². The Hall–Kier alpha value is -3.94. The largest absolute Gasteiger partial charge is 0.475 e. The Morgan fingerprint density at radius 2 is 0.721 bits per heavy atom. The fraction of sp³-hybridized carbons (Fsp3) is 0.611. The van der Waals surface area contributed by atoms with Crippen LogP contribution in [0.2, 0.25) is 0 Å². The fourth-order valence-electron chi connectivity index (χ4n) is 7.94. The van der Waals surface area contributed by atoms with Gasteiger partial charge < -0.3 is 30.2 Å². The zero-order valence-electron chi connectivity index (χ0n) is 42.2. The molecular weight excluding hydrogens is 882 g/mol. The van der Waals surface area contributed by atoms with Gasteiger partial charge in [0.2, 0.25) is 17.7 Å². The Kier molecular flexibility index (Phi) is 30.2. The maximum absolute atomic E-state index is 15.3. The Labute approximate surface area is 408 Å². The molecule has 0 aliphatic heterocycles. The highest BCUT2D eigenvalue weighted by Gasteiger charge is 2.33. The molecule has 0 saturated carbocycles. The zero-order chi connectivity index (χ0) is 49.2. The number of hydrogen-bond donors (Lipinski definition) is 3. The first kappa shape index (κ1) is 58.4. The number of phosphoric ester groups is 1. The number of benzene rings is 3. The summed E-state index contributed by atoms with van der Waals surface area (Å²) < 4.78 is 50.5. The lowest BCUT2D eigenvalue weighted by molar-refractivity contribution is -0.123. The van der Waals surface area contributed by atoms with Gasteiger partial charge in [-0.05, 0) is 52.6 Å². The summed E-state index contributed by atoms with van der Waals surface area (Å²) in [7, 11) is 0.278. The third kappa shape index (κ3) is 24.1. The molecule has 0 fully saturated rings. The highest BCUT2D eigenvalue weighted by molar-refractivity contribution is 7.48. The smallest absolute Gasteiger partial charge is 0.380 e. The molecule has 3 N–H and O–H groups in total. The number of rotatable bonds is 39. The van der Waals surface area contributed by atoms with Crippen molar-refractivity contribution < 1.29 is 46.7 Å². The average Bonchev–Trinajstić information content (AvgIpc) is 3.33. The van der Waals surface area contributed by atoms with Crippen molar-refractivity contribution in [2.45, 2.75) is 174 Å². The second kappa shape index (κ2) is 35.2. The van der Waals surface area contributed by atoms with Crippen LogP contribution in [-0.4, -0.2) is 58.9 Å². The molecular formula is C54H84N3O10P. The molecule has 3 aromatic rings. The minimum atomic E-state index is -4.58. The number of carbonyl (C=O) groups is 3. The number of nitrogens with one attached hydrogen (secondary N) is 3. The summed E-state index contributed by atoms with van der Waals surface area (Å²) in [4.78, 5) is 40.6. The molecule has 68 heavy (non-hydrogen) atoms. The molecule has 0 bridgehead atoms. The van der Waals surface area contributed by atoms with Crippen molar-refractivity contribution >= 4 is 25.5 Å². The minimum absolute atomic E-state index is 0.161. The lowest BCUT2D eigenvalue weighted by Gasteiger charge is -2.27. The topological polar surface area (TPSA) is 160 Å². The SMILES string of the molecule is CCCCCCCC(=O)NC(COP(=O)(OCC(NC(=O)CCCCCCC)c1cccc(COC)c1)OCC(NC(=O)CCCCCCC)c1cccc(COC)c1)c1cccc(COC)c1. The molecule has 380 valence electrons. The van der Waals surface area contributed by atoms with Crippen LogP contribution in [0, 0.1) is 0 Å². The van der Waals surface area contributed by atoms with E-state index < -0.39 is 25.9 Å². The Morgan fingerprint density at radius 1 is 0.441 bits per heavy atom. The van der Waals surface area contributed by atoms with Gasteiger partial charge in [-0.15, -0.1) is 0 Å².